The fourth-order valence-corrected chi connectivity index (χ4v) is 3.85. The van der Waals surface area contributed by atoms with Crippen molar-refractivity contribution >= 4 is 15.9 Å². The van der Waals surface area contributed by atoms with Gasteiger partial charge in [0.15, 0.2) is 0 Å². The van der Waals surface area contributed by atoms with Crippen LogP contribution in [0.15, 0.2) is 4.47 Å². The number of halogens is 1. The number of nitrogens with zero attached hydrogens (tertiary/aromatic N) is 3. The Balaban J connectivity index is 2.24. The van der Waals surface area contributed by atoms with Crippen LogP contribution in [0.25, 0.3) is 0 Å². The van der Waals surface area contributed by atoms with E-state index in [1.165, 1.54) is 22.3 Å². The van der Waals surface area contributed by atoms with E-state index < -0.39 is 0 Å². The second kappa shape index (κ2) is 6.80. The number of piperazine rings is 1. The van der Waals surface area contributed by atoms with Crippen molar-refractivity contribution in [3.05, 3.63) is 15.9 Å². The van der Waals surface area contributed by atoms with Crippen LogP contribution in [-0.2, 0) is 19.5 Å². The van der Waals surface area contributed by atoms with Gasteiger partial charge >= 0.3 is 0 Å². The Bertz CT molecular complexity index is 481. The summed E-state index contributed by atoms with van der Waals surface area (Å²) in [5.41, 5.74) is 2.68. The molecule has 1 aliphatic rings. The molecule has 0 aromatic carbocycles. The summed E-state index contributed by atoms with van der Waals surface area (Å²) in [7, 11) is 0. The Morgan fingerprint density at radius 1 is 1.33 bits per heavy atom. The topological polar surface area (TPSA) is 33.1 Å². The first kappa shape index (κ1) is 17.0. The highest BCUT2D eigenvalue weighted by Crippen LogP contribution is 2.26. The summed E-state index contributed by atoms with van der Waals surface area (Å²) in [4.78, 5) is 2.61. The van der Waals surface area contributed by atoms with Gasteiger partial charge in [0.25, 0.3) is 0 Å². The van der Waals surface area contributed by atoms with E-state index in [-0.39, 0.29) is 5.54 Å². The van der Waals surface area contributed by atoms with Gasteiger partial charge in [0.2, 0.25) is 0 Å². The van der Waals surface area contributed by atoms with Gasteiger partial charge in [0.05, 0.1) is 15.9 Å². The van der Waals surface area contributed by atoms with Crippen LogP contribution in [-0.4, -0.2) is 39.4 Å². The molecule has 4 nitrogen and oxygen atoms in total. The summed E-state index contributed by atoms with van der Waals surface area (Å²) in [5.74, 6) is 0. The second-order valence-corrected chi connectivity index (χ2v) is 7.40. The van der Waals surface area contributed by atoms with E-state index >= 15 is 0 Å². The molecule has 0 amide bonds. The molecule has 21 heavy (non-hydrogen) atoms. The number of hydrogen-bond donors (Lipinski definition) is 1. The van der Waals surface area contributed by atoms with E-state index in [1.807, 2.05) is 0 Å². The number of rotatable bonds is 5. The quantitative estimate of drug-likeness (QED) is 0.879. The van der Waals surface area contributed by atoms with Crippen molar-refractivity contribution in [2.24, 2.45) is 0 Å². The normalized spacial score (nSPS) is 22.7. The van der Waals surface area contributed by atoms with Crippen molar-refractivity contribution in [3.8, 4) is 0 Å². The Labute approximate surface area is 137 Å². The van der Waals surface area contributed by atoms with E-state index in [1.54, 1.807) is 0 Å². The van der Waals surface area contributed by atoms with Crippen molar-refractivity contribution < 1.29 is 0 Å². The molecule has 0 spiro atoms. The molecule has 0 aliphatic carbocycles. The molecule has 0 radical (unpaired) electrons. The van der Waals surface area contributed by atoms with Gasteiger partial charge < -0.3 is 5.32 Å². The third-order valence-electron chi connectivity index (χ3n) is 4.45. The van der Waals surface area contributed by atoms with Gasteiger partial charge in [0, 0.05) is 37.8 Å². The van der Waals surface area contributed by atoms with Gasteiger partial charge in [-0.15, -0.1) is 0 Å². The highest BCUT2D eigenvalue weighted by Gasteiger charge is 2.32. The molecule has 1 fully saturated rings. The number of aromatic nitrogens is 2. The van der Waals surface area contributed by atoms with Crippen LogP contribution in [0.3, 0.4) is 0 Å². The minimum Gasteiger partial charge on any atom is -0.309 e. The highest BCUT2D eigenvalue weighted by molar-refractivity contribution is 9.10. The van der Waals surface area contributed by atoms with Crippen LogP contribution in [0.4, 0.5) is 0 Å². The molecule has 0 bridgehead atoms. The first-order valence-corrected chi connectivity index (χ1v) is 8.94. The van der Waals surface area contributed by atoms with E-state index in [9.17, 15) is 0 Å². The van der Waals surface area contributed by atoms with E-state index in [4.69, 9.17) is 5.10 Å². The molecule has 0 saturated carbocycles. The molecular formula is C16H29BrN4. The molecule has 1 aliphatic heterocycles. The zero-order valence-electron chi connectivity index (χ0n) is 14.0. The summed E-state index contributed by atoms with van der Waals surface area (Å²) in [6.45, 7) is 15.2. The lowest BCUT2D eigenvalue weighted by Crippen LogP contribution is -2.61. The largest absolute Gasteiger partial charge is 0.309 e. The zero-order valence-corrected chi connectivity index (χ0v) is 15.6. The predicted octanol–water partition coefficient (Wildman–Crippen LogP) is 3.19. The Morgan fingerprint density at radius 3 is 2.62 bits per heavy atom. The average molecular weight is 357 g/mol. The van der Waals surface area contributed by atoms with Gasteiger partial charge in [-0.3, -0.25) is 9.58 Å². The van der Waals surface area contributed by atoms with E-state index in [0.29, 0.717) is 6.04 Å². The van der Waals surface area contributed by atoms with Gasteiger partial charge in [-0.1, -0.05) is 13.8 Å². The molecule has 2 rings (SSSR count). The van der Waals surface area contributed by atoms with Crippen LogP contribution in [0.2, 0.25) is 0 Å². The first-order chi connectivity index (χ1) is 9.91. The monoisotopic (exact) mass is 356 g/mol. The Morgan fingerprint density at radius 2 is 2.05 bits per heavy atom. The third kappa shape index (κ3) is 3.69. The Kier molecular flexibility index (Phi) is 5.49. The van der Waals surface area contributed by atoms with Crippen LogP contribution < -0.4 is 5.32 Å². The number of hydrogen-bond acceptors (Lipinski definition) is 3. The molecule has 2 heterocycles. The lowest BCUT2D eigenvalue weighted by molar-refractivity contribution is 0.0831. The van der Waals surface area contributed by atoms with Crippen molar-refractivity contribution in [2.45, 2.75) is 72.1 Å². The van der Waals surface area contributed by atoms with Gasteiger partial charge in [-0.25, -0.2) is 0 Å². The van der Waals surface area contributed by atoms with E-state index in [2.05, 4.69) is 65.4 Å². The third-order valence-corrected chi connectivity index (χ3v) is 5.36. The minimum absolute atomic E-state index is 0.183. The summed E-state index contributed by atoms with van der Waals surface area (Å²) in [6, 6.07) is 0.607. The summed E-state index contributed by atoms with van der Waals surface area (Å²) in [6.07, 6.45) is 2.16. The minimum atomic E-state index is 0.183. The summed E-state index contributed by atoms with van der Waals surface area (Å²) in [5, 5.41) is 8.39. The molecule has 1 atom stereocenters. The van der Waals surface area contributed by atoms with Crippen molar-refractivity contribution in [1.82, 2.24) is 20.0 Å². The maximum atomic E-state index is 4.73. The van der Waals surface area contributed by atoms with Crippen LogP contribution in [0.5, 0.6) is 0 Å². The van der Waals surface area contributed by atoms with Crippen molar-refractivity contribution in [2.75, 3.05) is 13.1 Å². The van der Waals surface area contributed by atoms with Crippen molar-refractivity contribution in [3.63, 3.8) is 0 Å². The first-order valence-electron chi connectivity index (χ1n) is 8.15. The highest BCUT2D eigenvalue weighted by atomic mass is 79.9. The van der Waals surface area contributed by atoms with Gasteiger partial charge in [-0.05, 0) is 49.5 Å². The second-order valence-electron chi connectivity index (χ2n) is 6.61. The lowest BCUT2D eigenvalue weighted by atomic mass is 9.97. The standard InChI is InChI=1S/C16H29BrN4/c1-6-12-9-18-16(4,5)11-20(12)10-14-15(17)13(7-2)19-21(14)8-3/h12,18H,6-11H2,1-5H3. The molecule has 120 valence electrons. The number of nitrogens with one attached hydrogen (secondary N) is 1. The fraction of sp³-hybridized carbons (Fsp3) is 0.812. The van der Waals surface area contributed by atoms with Gasteiger partial charge in [0.1, 0.15) is 0 Å². The molecule has 1 saturated heterocycles. The number of aryl methyl sites for hydroxylation is 2. The van der Waals surface area contributed by atoms with Crippen LogP contribution in [0.1, 0.15) is 52.4 Å². The molecule has 1 aromatic heterocycles. The molecule has 1 unspecified atom stereocenters. The predicted molar refractivity (Wildman–Crippen MR) is 91.5 cm³/mol. The SMILES string of the molecule is CCc1nn(CC)c(CN2CC(C)(C)NCC2CC)c1Br. The summed E-state index contributed by atoms with van der Waals surface area (Å²) >= 11 is 3.77. The fourth-order valence-electron chi connectivity index (χ4n) is 3.16. The Hall–Kier alpha value is -0.390. The maximum Gasteiger partial charge on any atom is 0.0767 e. The molecule has 1 aromatic rings. The molecular weight excluding hydrogens is 328 g/mol. The average Bonchev–Trinajstić information content (AvgIpc) is 2.75. The smallest absolute Gasteiger partial charge is 0.0767 e. The maximum absolute atomic E-state index is 4.73. The molecule has 5 heteroatoms. The zero-order chi connectivity index (χ0) is 15.6. The molecule has 1 N–H and O–H groups in total. The van der Waals surface area contributed by atoms with Crippen LogP contribution >= 0.6 is 15.9 Å². The van der Waals surface area contributed by atoms with Gasteiger partial charge in [-0.2, -0.15) is 5.10 Å². The van der Waals surface area contributed by atoms with Crippen molar-refractivity contribution in [1.29, 1.82) is 0 Å². The lowest BCUT2D eigenvalue weighted by Gasteiger charge is -2.44. The van der Waals surface area contributed by atoms with E-state index in [0.717, 1.165) is 32.6 Å². The van der Waals surface area contributed by atoms with Crippen LogP contribution in [0, 0.1) is 0 Å². The summed E-state index contributed by atoms with van der Waals surface area (Å²) < 4.78 is 3.36.